The lowest BCUT2D eigenvalue weighted by Crippen LogP contribution is -2.11. The number of hydrogen-bond donors (Lipinski definition) is 1. The minimum atomic E-state index is -0.968. The van der Waals surface area contributed by atoms with E-state index >= 15 is 0 Å². The van der Waals surface area contributed by atoms with Crippen molar-refractivity contribution in [2.24, 2.45) is 0 Å². The molecule has 0 bridgehead atoms. The first-order chi connectivity index (χ1) is 12.1. The highest BCUT2D eigenvalue weighted by Gasteiger charge is 2.23. The Morgan fingerprint density at radius 2 is 2.28 bits per heavy atom. The minimum absolute atomic E-state index is 0.127. The highest BCUT2D eigenvalue weighted by atomic mass is 32.1. The van der Waals surface area contributed by atoms with E-state index in [1.54, 1.807) is 17.4 Å². The van der Waals surface area contributed by atoms with Crippen LogP contribution in [0.1, 0.15) is 29.6 Å². The van der Waals surface area contributed by atoms with Gasteiger partial charge in [-0.3, -0.25) is 4.79 Å². The molecule has 0 aromatic carbocycles. The van der Waals surface area contributed by atoms with Gasteiger partial charge in [-0.15, -0.1) is 16.4 Å². The Bertz CT molecular complexity index is 905. The van der Waals surface area contributed by atoms with Crippen molar-refractivity contribution in [2.45, 2.75) is 32.4 Å². The maximum atomic E-state index is 11.2. The summed E-state index contributed by atoms with van der Waals surface area (Å²) in [5.41, 5.74) is 0. The van der Waals surface area contributed by atoms with Crippen molar-refractivity contribution >= 4 is 17.3 Å². The Labute approximate surface area is 147 Å². The number of carbonyl (C=O) groups is 1. The van der Waals surface area contributed by atoms with Crippen LogP contribution in [0.3, 0.4) is 0 Å². The second-order valence-corrected chi connectivity index (χ2v) is 7.04. The van der Waals surface area contributed by atoms with Gasteiger partial charge in [-0.1, -0.05) is 0 Å². The molecule has 7 nitrogen and oxygen atoms in total. The quantitative estimate of drug-likeness (QED) is 0.750. The molecule has 1 N–H and O–H groups in total. The molecule has 0 radical (unpaired) electrons. The highest BCUT2D eigenvalue weighted by molar-refractivity contribution is 7.15. The summed E-state index contributed by atoms with van der Waals surface area (Å²) in [6.45, 7) is 2.37. The molecular weight excluding hydrogens is 342 g/mol. The van der Waals surface area contributed by atoms with Gasteiger partial charge >= 0.3 is 5.97 Å². The van der Waals surface area contributed by atoms with Gasteiger partial charge in [0.05, 0.1) is 11.0 Å². The largest absolute Gasteiger partial charge is 0.480 e. The number of aliphatic carboxylic acids is 1. The molecule has 1 aliphatic heterocycles. The molecule has 130 valence electrons. The standard InChI is InChI=1S/C17H17N3O4S/c1-10-4-5-12(24-10)16-18-17(20(19-16)9-15(21)22)14-7-6-13(25-14)11-3-2-8-23-11/h4-7,11H,2-3,8-9H2,1H3,(H,21,22)/t11-/m0/s1. The van der Waals surface area contributed by atoms with E-state index in [1.807, 2.05) is 25.1 Å². The molecule has 4 heterocycles. The Kier molecular flexibility index (Phi) is 4.14. The van der Waals surface area contributed by atoms with Crippen molar-refractivity contribution in [3.8, 4) is 22.3 Å². The summed E-state index contributed by atoms with van der Waals surface area (Å²) < 4.78 is 12.7. The number of furan rings is 1. The zero-order chi connectivity index (χ0) is 17.4. The molecule has 0 spiro atoms. The fourth-order valence-electron chi connectivity index (χ4n) is 2.87. The Hall–Kier alpha value is -2.45. The summed E-state index contributed by atoms with van der Waals surface area (Å²) in [4.78, 5) is 17.7. The molecule has 4 rings (SSSR count). The topological polar surface area (TPSA) is 90.4 Å². The molecule has 1 atom stereocenters. The average Bonchev–Trinajstić information content (AvgIpc) is 3.33. The van der Waals surface area contributed by atoms with Gasteiger partial charge < -0.3 is 14.3 Å². The second kappa shape index (κ2) is 6.45. The van der Waals surface area contributed by atoms with Crippen LogP contribution in [0.15, 0.2) is 28.7 Å². The van der Waals surface area contributed by atoms with Gasteiger partial charge in [-0.25, -0.2) is 9.67 Å². The van der Waals surface area contributed by atoms with Gasteiger partial charge in [-0.05, 0) is 44.0 Å². The van der Waals surface area contributed by atoms with Crippen LogP contribution in [0.5, 0.6) is 0 Å². The van der Waals surface area contributed by atoms with Crippen molar-refractivity contribution < 1.29 is 19.1 Å². The van der Waals surface area contributed by atoms with E-state index in [4.69, 9.17) is 9.15 Å². The van der Waals surface area contributed by atoms with E-state index in [-0.39, 0.29) is 12.6 Å². The number of aromatic nitrogens is 3. The molecule has 0 unspecified atom stereocenters. The molecule has 8 heteroatoms. The lowest BCUT2D eigenvalue weighted by atomic mass is 10.2. The third-order valence-corrected chi connectivity index (χ3v) is 5.18. The molecule has 1 fully saturated rings. The normalized spacial score (nSPS) is 17.2. The van der Waals surface area contributed by atoms with Crippen LogP contribution in [-0.2, 0) is 16.1 Å². The molecule has 1 saturated heterocycles. The summed E-state index contributed by atoms with van der Waals surface area (Å²) in [5.74, 6) is 1.23. The Balaban J connectivity index is 1.71. The number of nitrogens with zero attached hydrogens (tertiary/aromatic N) is 3. The first-order valence-corrected chi connectivity index (χ1v) is 8.87. The predicted molar refractivity (Wildman–Crippen MR) is 91.3 cm³/mol. The van der Waals surface area contributed by atoms with E-state index in [2.05, 4.69) is 10.1 Å². The lowest BCUT2D eigenvalue weighted by Gasteiger charge is -2.05. The van der Waals surface area contributed by atoms with Gasteiger partial charge in [0.1, 0.15) is 12.3 Å². The van der Waals surface area contributed by atoms with Crippen molar-refractivity contribution in [3.05, 3.63) is 34.9 Å². The van der Waals surface area contributed by atoms with Crippen LogP contribution >= 0.6 is 11.3 Å². The number of aryl methyl sites for hydroxylation is 1. The number of hydrogen-bond acceptors (Lipinski definition) is 6. The van der Waals surface area contributed by atoms with E-state index < -0.39 is 5.97 Å². The third kappa shape index (κ3) is 3.22. The van der Waals surface area contributed by atoms with E-state index in [0.717, 1.165) is 35.0 Å². The molecule has 0 amide bonds. The van der Waals surface area contributed by atoms with Gasteiger partial charge in [0, 0.05) is 11.5 Å². The number of ether oxygens (including phenoxy) is 1. The van der Waals surface area contributed by atoms with E-state index in [1.165, 1.54) is 4.68 Å². The smallest absolute Gasteiger partial charge is 0.325 e. The monoisotopic (exact) mass is 359 g/mol. The number of carboxylic acids is 1. The van der Waals surface area contributed by atoms with Gasteiger partial charge in [0.2, 0.25) is 5.82 Å². The summed E-state index contributed by atoms with van der Waals surface area (Å²) in [6, 6.07) is 7.58. The van der Waals surface area contributed by atoms with Crippen LogP contribution in [0.2, 0.25) is 0 Å². The summed E-state index contributed by atoms with van der Waals surface area (Å²) in [6.07, 6.45) is 2.20. The predicted octanol–water partition coefficient (Wildman–Crippen LogP) is 3.51. The van der Waals surface area contributed by atoms with Crippen LogP contribution in [0, 0.1) is 6.92 Å². The van der Waals surface area contributed by atoms with Crippen LogP contribution in [0.4, 0.5) is 0 Å². The minimum Gasteiger partial charge on any atom is -0.480 e. The molecule has 1 aliphatic rings. The molecule has 3 aromatic heterocycles. The molecule has 3 aromatic rings. The van der Waals surface area contributed by atoms with Crippen molar-refractivity contribution in [1.29, 1.82) is 0 Å². The lowest BCUT2D eigenvalue weighted by molar-refractivity contribution is -0.137. The van der Waals surface area contributed by atoms with Gasteiger partial charge in [0.25, 0.3) is 0 Å². The first-order valence-electron chi connectivity index (χ1n) is 8.05. The summed E-state index contributed by atoms with van der Waals surface area (Å²) in [5, 5.41) is 13.5. The molecule has 25 heavy (non-hydrogen) atoms. The first kappa shape index (κ1) is 16.0. The van der Waals surface area contributed by atoms with E-state index in [9.17, 15) is 9.90 Å². The maximum Gasteiger partial charge on any atom is 0.325 e. The second-order valence-electron chi connectivity index (χ2n) is 5.92. The van der Waals surface area contributed by atoms with Crippen LogP contribution < -0.4 is 0 Å². The molecular formula is C17H17N3O4S. The van der Waals surface area contributed by atoms with Crippen LogP contribution in [-0.4, -0.2) is 32.4 Å². The molecule has 0 aliphatic carbocycles. The summed E-state index contributed by atoms with van der Waals surface area (Å²) >= 11 is 1.57. The third-order valence-electron chi connectivity index (χ3n) is 4.01. The molecule has 0 saturated carbocycles. The summed E-state index contributed by atoms with van der Waals surface area (Å²) in [7, 11) is 0. The van der Waals surface area contributed by atoms with E-state index in [0.29, 0.717) is 17.4 Å². The number of rotatable bonds is 5. The number of thiophene rings is 1. The van der Waals surface area contributed by atoms with Gasteiger partial charge in [-0.2, -0.15) is 0 Å². The Morgan fingerprint density at radius 1 is 1.40 bits per heavy atom. The van der Waals surface area contributed by atoms with Gasteiger partial charge in [0.15, 0.2) is 11.6 Å². The SMILES string of the molecule is Cc1ccc(-c2nc(-c3ccc([C@@H]4CCCO4)s3)n(CC(=O)O)n2)o1. The highest BCUT2D eigenvalue weighted by Crippen LogP contribution is 2.37. The van der Waals surface area contributed by atoms with Crippen molar-refractivity contribution in [2.75, 3.05) is 6.61 Å². The zero-order valence-corrected chi connectivity index (χ0v) is 14.5. The van der Waals surface area contributed by atoms with Crippen LogP contribution in [0.25, 0.3) is 22.3 Å². The average molecular weight is 359 g/mol. The van der Waals surface area contributed by atoms with Crippen molar-refractivity contribution in [1.82, 2.24) is 14.8 Å². The Morgan fingerprint density at radius 3 is 2.96 bits per heavy atom. The number of carboxylic acid groups (broad SMARTS) is 1. The van der Waals surface area contributed by atoms with Crippen molar-refractivity contribution in [3.63, 3.8) is 0 Å². The maximum absolute atomic E-state index is 11.2. The fraction of sp³-hybridized carbons (Fsp3) is 0.353. The fourth-order valence-corrected chi connectivity index (χ4v) is 3.96. The zero-order valence-electron chi connectivity index (χ0n) is 13.6.